The second-order valence-electron chi connectivity index (χ2n) is 5.88. The summed E-state index contributed by atoms with van der Waals surface area (Å²) in [6.07, 6.45) is 0. The summed E-state index contributed by atoms with van der Waals surface area (Å²) in [6, 6.07) is 12.9. The summed E-state index contributed by atoms with van der Waals surface area (Å²) in [7, 11) is 0. The smallest absolute Gasteiger partial charge is 0.133 e. The number of benzene rings is 2. The van der Waals surface area contributed by atoms with Crippen molar-refractivity contribution in [1.82, 2.24) is 5.32 Å². The van der Waals surface area contributed by atoms with E-state index in [0.717, 1.165) is 17.1 Å². The molecule has 2 nitrogen and oxygen atoms in total. The van der Waals surface area contributed by atoms with E-state index in [4.69, 9.17) is 27.9 Å². The molecule has 0 radical (unpaired) electrons. The fourth-order valence-electron chi connectivity index (χ4n) is 1.79. The molecule has 0 saturated heterocycles. The van der Waals surface area contributed by atoms with E-state index >= 15 is 0 Å². The SMILES string of the molecule is CC(C)(C)NCc1c(Cl)cccc1Oc1ccc(Cl)cc1. The number of hydrogen-bond donors (Lipinski definition) is 1. The van der Waals surface area contributed by atoms with E-state index in [2.05, 4.69) is 26.1 Å². The van der Waals surface area contributed by atoms with E-state index in [-0.39, 0.29) is 5.54 Å². The van der Waals surface area contributed by atoms with Crippen LogP contribution < -0.4 is 10.1 Å². The van der Waals surface area contributed by atoms with Crippen LogP contribution in [-0.4, -0.2) is 5.54 Å². The lowest BCUT2D eigenvalue weighted by molar-refractivity contribution is 0.414. The van der Waals surface area contributed by atoms with Crippen LogP contribution in [0.25, 0.3) is 0 Å². The number of nitrogens with one attached hydrogen (secondary N) is 1. The minimum atomic E-state index is 0.0106. The molecule has 0 aromatic heterocycles. The second-order valence-corrected chi connectivity index (χ2v) is 6.72. The predicted octanol–water partition coefficient (Wildman–Crippen LogP) is 5.67. The maximum absolute atomic E-state index is 6.31. The zero-order chi connectivity index (χ0) is 15.5. The van der Waals surface area contributed by atoms with E-state index in [0.29, 0.717) is 16.6 Å². The number of halogens is 2. The van der Waals surface area contributed by atoms with Gasteiger partial charge in [-0.05, 0) is 57.2 Å². The molecule has 2 aromatic carbocycles. The third-order valence-electron chi connectivity index (χ3n) is 2.91. The van der Waals surface area contributed by atoms with Gasteiger partial charge in [0.15, 0.2) is 0 Å². The number of rotatable bonds is 4. The topological polar surface area (TPSA) is 21.3 Å². The minimum absolute atomic E-state index is 0.0106. The highest BCUT2D eigenvalue weighted by Gasteiger charge is 2.14. The van der Waals surface area contributed by atoms with Crippen LogP contribution in [0.3, 0.4) is 0 Å². The Morgan fingerprint density at radius 3 is 2.29 bits per heavy atom. The molecular weight excluding hydrogens is 305 g/mol. The number of ether oxygens (including phenoxy) is 1. The summed E-state index contributed by atoms with van der Waals surface area (Å²) in [6.45, 7) is 6.99. The lowest BCUT2D eigenvalue weighted by Crippen LogP contribution is -2.35. The predicted molar refractivity (Wildman–Crippen MR) is 89.6 cm³/mol. The largest absolute Gasteiger partial charge is 0.457 e. The van der Waals surface area contributed by atoms with Crippen molar-refractivity contribution in [2.75, 3.05) is 0 Å². The average Bonchev–Trinajstić information content (AvgIpc) is 2.39. The highest BCUT2D eigenvalue weighted by Crippen LogP contribution is 2.31. The van der Waals surface area contributed by atoms with Crippen molar-refractivity contribution >= 4 is 23.2 Å². The molecule has 21 heavy (non-hydrogen) atoms. The molecule has 2 aromatic rings. The molecule has 0 aliphatic carbocycles. The van der Waals surface area contributed by atoms with Crippen molar-refractivity contribution in [3.8, 4) is 11.5 Å². The molecule has 0 aliphatic rings. The summed E-state index contributed by atoms with van der Waals surface area (Å²) >= 11 is 12.2. The molecule has 0 fully saturated rings. The third kappa shape index (κ3) is 4.92. The van der Waals surface area contributed by atoms with Crippen LogP contribution in [0.4, 0.5) is 0 Å². The highest BCUT2D eigenvalue weighted by molar-refractivity contribution is 6.31. The first-order chi connectivity index (χ1) is 9.85. The van der Waals surface area contributed by atoms with Crippen molar-refractivity contribution in [2.24, 2.45) is 0 Å². The summed E-state index contributed by atoms with van der Waals surface area (Å²) in [4.78, 5) is 0. The van der Waals surface area contributed by atoms with Gasteiger partial charge in [-0.3, -0.25) is 0 Å². The second kappa shape index (κ2) is 6.69. The van der Waals surface area contributed by atoms with Crippen molar-refractivity contribution in [3.63, 3.8) is 0 Å². The molecule has 0 amide bonds. The van der Waals surface area contributed by atoms with Gasteiger partial charge in [0.1, 0.15) is 11.5 Å². The van der Waals surface area contributed by atoms with Gasteiger partial charge in [0.25, 0.3) is 0 Å². The fraction of sp³-hybridized carbons (Fsp3) is 0.294. The Labute approximate surface area is 136 Å². The molecule has 0 heterocycles. The zero-order valence-corrected chi connectivity index (χ0v) is 13.9. The minimum Gasteiger partial charge on any atom is -0.457 e. The van der Waals surface area contributed by atoms with Crippen LogP contribution in [0.5, 0.6) is 11.5 Å². The van der Waals surface area contributed by atoms with Crippen molar-refractivity contribution < 1.29 is 4.74 Å². The van der Waals surface area contributed by atoms with Crippen LogP contribution >= 0.6 is 23.2 Å². The van der Waals surface area contributed by atoms with Crippen LogP contribution in [-0.2, 0) is 6.54 Å². The van der Waals surface area contributed by atoms with Crippen LogP contribution in [0, 0.1) is 0 Å². The molecule has 0 spiro atoms. The fourth-order valence-corrected chi connectivity index (χ4v) is 2.15. The monoisotopic (exact) mass is 323 g/mol. The molecular formula is C17H19Cl2NO. The van der Waals surface area contributed by atoms with Gasteiger partial charge in [-0.2, -0.15) is 0 Å². The van der Waals surface area contributed by atoms with Crippen LogP contribution in [0.15, 0.2) is 42.5 Å². The number of hydrogen-bond acceptors (Lipinski definition) is 2. The van der Waals surface area contributed by atoms with Gasteiger partial charge in [-0.1, -0.05) is 29.3 Å². The molecule has 1 N–H and O–H groups in total. The maximum Gasteiger partial charge on any atom is 0.133 e. The van der Waals surface area contributed by atoms with Crippen LogP contribution in [0.1, 0.15) is 26.3 Å². The van der Waals surface area contributed by atoms with Crippen molar-refractivity contribution in [3.05, 3.63) is 58.1 Å². The maximum atomic E-state index is 6.31. The Kier molecular flexibility index (Phi) is 5.15. The van der Waals surface area contributed by atoms with Gasteiger partial charge in [-0.25, -0.2) is 0 Å². The Morgan fingerprint density at radius 2 is 1.67 bits per heavy atom. The summed E-state index contributed by atoms with van der Waals surface area (Å²) in [5, 5.41) is 4.80. The van der Waals surface area contributed by atoms with Gasteiger partial charge in [0.05, 0.1) is 0 Å². The van der Waals surface area contributed by atoms with Gasteiger partial charge < -0.3 is 10.1 Å². The summed E-state index contributed by atoms with van der Waals surface area (Å²) in [5.74, 6) is 1.49. The lowest BCUT2D eigenvalue weighted by Gasteiger charge is -2.22. The van der Waals surface area contributed by atoms with Gasteiger partial charge in [-0.15, -0.1) is 0 Å². The average molecular weight is 324 g/mol. The van der Waals surface area contributed by atoms with E-state index in [1.807, 2.05) is 30.3 Å². The van der Waals surface area contributed by atoms with E-state index < -0.39 is 0 Å². The third-order valence-corrected chi connectivity index (χ3v) is 3.52. The van der Waals surface area contributed by atoms with E-state index in [9.17, 15) is 0 Å². The Balaban J connectivity index is 2.22. The molecule has 4 heteroatoms. The Hall–Kier alpha value is -1.22. The van der Waals surface area contributed by atoms with Crippen LogP contribution in [0.2, 0.25) is 10.0 Å². The van der Waals surface area contributed by atoms with Crippen molar-refractivity contribution in [1.29, 1.82) is 0 Å². The van der Waals surface area contributed by atoms with E-state index in [1.54, 1.807) is 12.1 Å². The van der Waals surface area contributed by atoms with Gasteiger partial charge >= 0.3 is 0 Å². The molecule has 2 rings (SSSR count). The Morgan fingerprint density at radius 1 is 1.00 bits per heavy atom. The van der Waals surface area contributed by atoms with E-state index in [1.165, 1.54) is 0 Å². The first kappa shape index (κ1) is 16.2. The lowest BCUT2D eigenvalue weighted by atomic mass is 10.1. The molecule has 0 unspecified atom stereocenters. The molecule has 0 bridgehead atoms. The molecule has 0 aliphatic heterocycles. The van der Waals surface area contributed by atoms with Gasteiger partial charge in [0.2, 0.25) is 0 Å². The standard InChI is InChI=1S/C17H19Cl2NO/c1-17(2,3)20-11-14-15(19)5-4-6-16(14)21-13-9-7-12(18)8-10-13/h4-10,20H,11H2,1-3H3. The quantitative estimate of drug-likeness (QED) is 0.782. The molecule has 112 valence electrons. The van der Waals surface area contributed by atoms with Crippen molar-refractivity contribution in [2.45, 2.75) is 32.9 Å². The first-order valence-corrected chi connectivity index (χ1v) is 7.56. The Bertz CT molecular complexity index is 603. The molecule has 0 saturated carbocycles. The molecule has 0 atom stereocenters. The highest BCUT2D eigenvalue weighted by atomic mass is 35.5. The van der Waals surface area contributed by atoms with Gasteiger partial charge in [0, 0.05) is 27.7 Å². The summed E-state index contributed by atoms with van der Waals surface area (Å²) < 4.78 is 5.93. The first-order valence-electron chi connectivity index (χ1n) is 6.81. The normalized spacial score (nSPS) is 11.5. The zero-order valence-electron chi connectivity index (χ0n) is 12.4. The summed E-state index contributed by atoms with van der Waals surface area (Å²) in [5.41, 5.74) is 0.959.